The number of aromatic nitrogens is 4. The van der Waals surface area contributed by atoms with E-state index in [2.05, 4.69) is 15.0 Å². The third-order valence-corrected chi connectivity index (χ3v) is 5.06. The van der Waals surface area contributed by atoms with Crippen molar-refractivity contribution >= 4 is 28.7 Å². The van der Waals surface area contributed by atoms with Crippen LogP contribution in [0, 0.1) is 5.92 Å². The summed E-state index contributed by atoms with van der Waals surface area (Å²) in [5.74, 6) is 0.758. The van der Waals surface area contributed by atoms with Gasteiger partial charge in [0, 0.05) is 25.4 Å². The molecule has 0 fully saturated rings. The van der Waals surface area contributed by atoms with E-state index >= 15 is 0 Å². The molecule has 2 heterocycles. The molecule has 0 aliphatic rings. The molecule has 0 spiro atoms. The van der Waals surface area contributed by atoms with Crippen LogP contribution < -0.4 is 5.56 Å². The minimum absolute atomic E-state index is 0.151. The highest BCUT2D eigenvalue weighted by molar-refractivity contribution is 7.99. The fraction of sp³-hybridized carbons (Fsp3) is 0.350. The highest BCUT2D eigenvalue weighted by Crippen LogP contribution is 2.18. The summed E-state index contributed by atoms with van der Waals surface area (Å²) in [6.07, 6.45) is 4.23. The van der Waals surface area contributed by atoms with Gasteiger partial charge in [0.25, 0.3) is 5.56 Å². The first-order chi connectivity index (χ1) is 13.0. The molecule has 0 amide bonds. The van der Waals surface area contributed by atoms with Crippen molar-refractivity contribution in [3.63, 3.8) is 0 Å². The summed E-state index contributed by atoms with van der Waals surface area (Å²) in [5, 5.41) is 0.515. The molecule has 0 aliphatic heterocycles. The quantitative estimate of drug-likeness (QED) is 0.440. The Morgan fingerprint density at radius 1 is 1.15 bits per heavy atom. The number of thioether (sulfide) groups is 1. The number of carbonyl (C=O) groups is 1. The predicted octanol–water partition coefficient (Wildman–Crippen LogP) is 3.14. The van der Waals surface area contributed by atoms with Crippen LogP contribution in [0.1, 0.15) is 25.8 Å². The molecule has 27 heavy (non-hydrogen) atoms. The van der Waals surface area contributed by atoms with Crippen LogP contribution in [-0.4, -0.2) is 31.1 Å². The summed E-state index contributed by atoms with van der Waals surface area (Å²) in [7, 11) is 0. The third-order valence-electron chi connectivity index (χ3n) is 4.02. The molecule has 0 N–H and O–H groups in total. The van der Waals surface area contributed by atoms with Crippen molar-refractivity contribution in [3.8, 4) is 0 Å². The van der Waals surface area contributed by atoms with Crippen molar-refractivity contribution in [2.45, 2.75) is 38.4 Å². The van der Waals surface area contributed by atoms with Crippen LogP contribution in [0.2, 0.25) is 0 Å². The molecule has 0 saturated carbocycles. The Hall–Kier alpha value is -2.54. The van der Waals surface area contributed by atoms with Gasteiger partial charge in [-0.3, -0.25) is 14.2 Å². The Balaban J connectivity index is 1.89. The second kappa shape index (κ2) is 8.90. The lowest BCUT2D eigenvalue weighted by molar-refractivity contribution is -0.117. The first-order valence-corrected chi connectivity index (χ1v) is 9.93. The molecule has 140 valence electrons. The third kappa shape index (κ3) is 5.01. The minimum Gasteiger partial charge on any atom is -0.299 e. The average molecular weight is 382 g/mol. The lowest BCUT2D eigenvalue weighted by Gasteiger charge is -2.12. The van der Waals surface area contributed by atoms with Crippen molar-refractivity contribution in [3.05, 3.63) is 58.6 Å². The Kier molecular flexibility index (Phi) is 6.34. The predicted molar refractivity (Wildman–Crippen MR) is 107 cm³/mol. The van der Waals surface area contributed by atoms with E-state index in [-0.39, 0.29) is 16.9 Å². The number of benzene rings is 1. The highest BCUT2D eigenvalue weighted by Gasteiger charge is 2.15. The van der Waals surface area contributed by atoms with E-state index in [4.69, 9.17) is 0 Å². The van der Waals surface area contributed by atoms with Gasteiger partial charge in [-0.2, -0.15) is 0 Å². The van der Waals surface area contributed by atoms with Gasteiger partial charge in [-0.05, 0) is 17.9 Å². The maximum absolute atomic E-state index is 12.9. The Morgan fingerprint density at radius 3 is 2.63 bits per heavy atom. The van der Waals surface area contributed by atoms with E-state index in [0.29, 0.717) is 41.9 Å². The molecule has 0 saturated heterocycles. The number of hydrogen-bond donors (Lipinski definition) is 0. The molecule has 3 aromatic rings. The van der Waals surface area contributed by atoms with Gasteiger partial charge in [0.15, 0.2) is 16.3 Å². The molecule has 6 nitrogen and oxygen atoms in total. The Labute approximate surface area is 162 Å². The number of carbonyl (C=O) groups excluding carboxylic acids is 1. The number of fused-ring (bicyclic) bond motifs is 1. The lowest BCUT2D eigenvalue weighted by atomic mass is 10.1. The molecule has 0 unspecified atom stereocenters. The first-order valence-electron chi connectivity index (χ1n) is 8.94. The number of hydrogen-bond acceptors (Lipinski definition) is 6. The molecule has 0 radical (unpaired) electrons. The van der Waals surface area contributed by atoms with E-state index in [1.54, 1.807) is 4.57 Å². The zero-order chi connectivity index (χ0) is 19.2. The van der Waals surface area contributed by atoms with Crippen LogP contribution in [0.15, 0.2) is 52.7 Å². The van der Waals surface area contributed by atoms with Gasteiger partial charge in [-0.25, -0.2) is 15.0 Å². The van der Waals surface area contributed by atoms with Crippen molar-refractivity contribution in [1.82, 2.24) is 19.5 Å². The summed E-state index contributed by atoms with van der Waals surface area (Å²) in [4.78, 5) is 37.8. The van der Waals surface area contributed by atoms with E-state index in [1.165, 1.54) is 24.2 Å². The molecular weight excluding hydrogens is 360 g/mol. The fourth-order valence-corrected chi connectivity index (χ4v) is 3.67. The van der Waals surface area contributed by atoms with E-state index in [0.717, 1.165) is 5.56 Å². The molecule has 1 aromatic carbocycles. The first kappa shape index (κ1) is 19.2. The molecule has 0 aliphatic carbocycles. The number of rotatable bonds is 8. The lowest BCUT2D eigenvalue weighted by Crippen LogP contribution is -2.25. The molecule has 7 heteroatoms. The SMILES string of the molecule is CC(C)CC(=O)CSc1nc2nccnc2c(=O)n1CCc1ccccc1. The van der Waals surface area contributed by atoms with Gasteiger partial charge in [0.1, 0.15) is 5.78 Å². The number of aryl methyl sites for hydroxylation is 1. The molecular formula is C20H22N4O2S. The number of ketones is 1. The van der Waals surface area contributed by atoms with E-state index in [9.17, 15) is 9.59 Å². The number of Topliss-reactive ketones (excluding diaryl/α,β-unsaturated/α-hetero) is 1. The second-order valence-corrected chi connectivity index (χ2v) is 7.68. The van der Waals surface area contributed by atoms with Gasteiger partial charge < -0.3 is 0 Å². The molecule has 0 bridgehead atoms. The standard InChI is InChI=1S/C20H22N4O2S/c1-14(2)12-16(25)13-27-20-23-18-17(21-9-10-22-18)19(26)24(20)11-8-15-6-4-3-5-7-15/h3-7,9-10,14H,8,11-13H2,1-2H3. The van der Waals surface area contributed by atoms with Crippen molar-refractivity contribution in [2.24, 2.45) is 5.92 Å². The van der Waals surface area contributed by atoms with Crippen LogP contribution >= 0.6 is 11.8 Å². The van der Waals surface area contributed by atoms with Crippen LogP contribution in [0.3, 0.4) is 0 Å². The van der Waals surface area contributed by atoms with Crippen molar-refractivity contribution < 1.29 is 4.79 Å². The smallest absolute Gasteiger partial charge is 0.282 e. The van der Waals surface area contributed by atoms with Gasteiger partial charge in [-0.15, -0.1) is 0 Å². The Morgan fingerprint density at radius 2 is 1.89 bits per heavy atom. The van der Waals surface area contributed by atoms with Crippen molar-refractivity contribution in [1.29, 1.82) is 0 Å². The highest BCUT2D eigenvalue weighted by atomic mass is 32.2. The van der Waals surface area contributed by atoms with Crippen molar-refractivity contribution in [2.75, 3.05) is 5.75 Å². The van der Waals surface area contributed by atoms with Crippen LogP contribution in [0.4, 0.5) is 0 Å². The summed E-state index contributed by atoms with van der Waals surface area (Å²) >= 11 is 1.30. The maximum Gasteiger partial charge on any atom is 0.282 e. The fourth-order valence-electron chi connectivity index (χ4n) is 2.78. The minimum atomic E-state index is -0.220. The molecule has 2 aromatic heterocycles. The zero-order valence-corrected chi connectivity index (χ0v) is 16.3. The van der Waals surface area contributed by atoms with Gasteiger partial charge in [0.05, 0.1) is 5.75 Å². The summed E-state index contributed by atoms with van der Waals surface area (Å²) in [5.41, 5.74) is 1.49. The van der Waals surface area contributed by atoms with Gasteiger partial charge in [-0.1, -0.05) is 55.9 Å². The summed E-state index contributed by atoms with van der Waals surface area (Å²) in [6.45, 7) is 4.51. The maximum atomic E-state index is 12.9. The summed E-state index contributed by atoms with van der Waals surface area (Å²) < 4.78 is 1.61. The van der Waals surface area contributed by atoms with E-state index < -0.39 is 0 Å². The van der Waals surface area contributed by atoms with E-state index in [1.807, 2.05) is 44.2 Å². The average Bonchev–Trinajstić information content (AvgIpc) is 2.66. The van der Waals surface area contributed by atoms with Crippen LogP contribution in [0.25, 0.3) is 11.2 Å². The zero-order valence-electron chi connectivity index (χ0n) is 15.5. The molecule has 3 rings (SSSR count). The second-order valence-electron chi connectivity index (χ2n) is 6.74. The number of nitrogens with zero attached hydrogens (tertiary/aromatic N) is 4. The topological polar surface area (TPSA) is 77.7 Å². The van der Waals surface area contributed by atoms with Crippen LogP contribution in [-0.2, 0) is 17.8 Å². The summed E-state index contributed by atoms with van der Waals surface area (Å²) in [6, 6.07) is 9.96. The van der Waals surface area contributed by atoms with Gasteiger partial charge in [0.2, 0.25) is 0 Å². The monoisotopic (exact) mass is 382 g/mol. The normalized spacial score (nSPS) is 11.2. The van der Waals surface area contributed by atoms with Gasteiger partial charge >= 0.3 is 0 Å². The molecule has 0 atom stereocenters. The van der Waals surface area contributed by atoms with Crippen LogP contribution in [0.5, 0.6) is 0 Å². The Bertz CT molecular complexity index is 986. The largest absolute Gasteiger partial charge is 0.299 e.